The molecule has 0 aliphatic heterocycles. The van der Waals surface area contributed by atoms with Gasteiger partial charge in [0.2, 0.25) is 10.0 Å². The molecule has 0 amide bonds. The second kappa shape index (κ2) is 4.00. The van der Waals surface area contributed by atoms with Gasteiger partial charge in [-0.2, -0.15) is 4.31 Å². The molecule has 0 fully saturated rings. The first-order valence-corrected chi connectivity index (χ1v) is 6.98. The van der Waals surface area contributed by atoms with Gasteiger partial charge in [-0.25, -0.2) is 8.42 Å². The van der Waals surface area contributed by atoms with Crippen LogP contribution >= 0.6 is 11.3 Å². The predicted molar refractivity (Wildman–Crippen MR) is 60.1 cm³/mol. The zero-order valence-corrected chi connectivity index (χ0v) is 10.4. The Morgan fingerprint density at radius 2 is 2.00 bits per heavy atom. The van der Waals surface area contributed by atoms with Gasteiger partial charge in [0, 0.05) is 16.8 Å². The largest absolute Gasteiger partial charge is 0.212 e. The number of hydrogen-bond donors (Lipinski definition) is 0. The van der Waals surface area contributed by atoms with Gasteiger partial charge >= 0.3 is 0 Å². The first kappa shape index (κ1) is 11.7. The van der Waals surface area contributed by atoms with E-state index in [4.69, 9.17) is 0 Å². The molecule has 14 heavy (non-hydrogen) atoms. The Morgan fingerprint density at radius 3 is 2.36 bits per heavy atom. The molecule has 1 aromatic heterocycles. The highest BCUT2D eigenvalue weighted by Gasteiger charge is 2.20. The third-order valence-corrected chi connectivity index (χ3v) is 4.77. The number of hydrogen-bond acceptors (Lipinski definition) is 3. The molecule has 0 saturated heterocycles. The van der Waals surface area contributed by atoms with Gasteiger partial charge in [-0.1, -0.05) is 0 Å². The summed E-state index contributed by atoms with van der Waals surface area (Å²) in [4.78, 5) is 2.28. The van der Waals surface area contributed by atoms with Crippen molar-refractivity contribution in [2.75, 3.05) is 13.3 Å². The van der Waals surface area contributed by atoms with Crippen molar-refractivity contribution in [2.24, 2.45) is 0 Å². The first-order valence-electron chi connectivity index (χ1n) is 4.31. The van der Waals surface area contributed by atoms with Crippen LogP contribution in [-0.2, 0) is 10.0 Å². The summed E-state index contributed by atoms with van der Waals surface area (Å²) in [6.45, 7) is 3.91. The quantitative estimate of drug-likeness (QED) is 0.801. The molecule has 0 N–H and O–H groups in total. The van der Waals surface area contributed by atoms with E-state index in [1.54, 1.807) is 18.4 Å². The lowest BCUT2D eigenvalue weighted by Gasteiger charge is -2.21. The predicted octanol–water partition coefficient (Wildman–Crippen LogP) is 2.01. The highest BCUT2D eigenvalue weighted by molar-refractivity contribution is 7.88. The van der Waals surface area contributed by atoms with Crippen molar-refractivity contribution in [3.05, 3.63) is 21.9 Å². The van der Waals surface area contributed by atoms with E-state index in [1.165, 1.54) is 15.4 Å². The van der Waals surface area contributed by atoms with Crippen LogP contribution in [0.4, 0.5) is 0 Å². The van der Waals surface area contributed by atoms with Gasteiger partial charge in [0.1, 0.15) is 0 Å². The summed E-state index contributed by atoms with van der Waals surface area (Å²) in [6, 6.07) is 3.91. The van der Waals surface area contributed by atoms with E-state index >= 15 is 0 Å². The van der Waals surface area contributed by atoms with Crippen molar-refractivity contribution < 1.29 is 8.42 Å². The van der Waals surface area contributed by atoms with Crippen molar-refractivity contribution >= 4 is 21.4 Å². The van der Waals surface area contributed by atoms with Crippen LogP contribution < -0.4 is 0 Å². The molecule has 3 nitrogen and oxygen atoms in total. The Balaban J connectivity index is 2.91. The minimum Gasteiger partial charge on any atom is -0.212 e. The molecule has 80 valence electrons. The second-order valence-electron chi connectivity index (χ2n) is 3.40. The van der Waals surface area contributed by atoms with Gasteiger partial charge in [0.15, 0.2) is 0 Å². The van der Waals surface area contributed by atoms with Crippen LogP contribution in [0.1, 0.15) is 22.7 Å². The van der Waals surface area contributed by atoms with Crippen molar-refractivity contribution in [3.8, 4) is 0 Å². The van der Waals surface area contributed by atoms with Crippen LogP contribution in [0, 0.1) is 6.92 Å². The van der Waals surface area contributed by atoms with Crippen molar-refractivity contribution in [1.82, 2.24) is 4.31 Å². The van der Waals surface area contributed by atoms with Gasteiger partial charge < -0.3 is 0 Å². The molecule has 0 radical (unpaired) electrons. The summed E-state index contributed by atoms with van der Waals surface area (Å²) in [5.41, 5.74) is 0. The summed E-state index contributed by atoms with van der Waals surface area (Å²) in [5, 5.41) is 0. The van der Waals surface area contributed by atoms with Crippen molar-refractivity contribution in [1.29, 1.82) is 0 Å². The van der Waals surface area contributed by atoms with E-state index in [0.717, 1.165) is 4.88 Å². The molecule has 0 bridgehead atoms. The molecule has 1 aromatic rings. The maximum Gasteiger partial charge on any atom is 0.211 e. The van der Waals surface area contributed by atoms with Crippen LogP contribution in [0.2, 0.25) is 0 Å². The van der Waals surface area contributed by atoms with Gasteiger partial charge in [0.05, 0.1) is 12.3 Å². The van der Waals surface area contributed by atoms with Crippen LogP contribution in [0.3, 0.4) is 0 Å². The topological polar surface area (TPSA) is 37.4 Å². The fourth-order valence-corrected chi connectivity index (χ4v) is 2.87. The smallest absolute Gasteiger partial charge is 0.211 e. The SMILES string of the molecule is Cc1ccc(C(C)N(C)S(C)(=O)=O)s1. The lowest BCUT2D eigenvalue weighted by Crippen LogP contribution is -2.27. The number of sulfonamides is 1. The van der Waals surface area contributed by atoms with Crippen molar-refractivity contribution in [2.45, 2.75) is 19.9 Å². The Kier molecular flexibility index (Phi) is 3.34. The van der Waals surface area contributed by atoms with E-state index < -0.39 is 10.0 Å². The monoisotopic (exact) mass is 233 g/mol. The van der Waals surface area contributed by atoms with E-state index in [-0.39, 0.29) is 6.04 Å². The first-order chi connectivity index (χ1) is 6.32. The summed E-state index contributed by atoms with van der Waals surface area (Å²) in [7, 11) is -1.49. The fraction of sp³-hybridized carbons (Fsp3) is 0.556. The van der Waals surface area contributed by atoms with E-state index in [2.05, 4.69) is 0 Å². The van der Waals surface area contributed by atoms with Crippen LogP contribution in [0.5, 0.6) is 0 Å². The van der Waals surface area contributed by atoms with E-state index in [9.17, 15) is 8.42 Å². The third kappa shape index (κ3) is 2.56. The molecule has 1 rings (SSSR count). The number of aryl methyl sites for hydroxylation is 1. The van der Waals surface area contributed by atoms with Gasteiger partial charge in [-0.3, -0.25) is 0 Å². The average molecular weight is 233 g/mol. The van der Waals surface area contributed by atoms with E-state index in [1.807, 2.05) is 26.0 Å². The van der Waals surface area contributed by atoms with Gasteiger partial charge in [-0.15, -0.1) is 11.3 Å². The molecule has 0 aliphatic rings. The average Bonchev–Trinajstić information content (AvgIpc) is 2.47. The molecule has 0 saturated carbocycles. The maximum atomic E-state index is 11.3. The Hall–Kier alpha value is -0.390. The van der Waals surface area contributed by atoms with Crippen molar-refractivity contribution in [3.63, 3.8) is 0 Å². The summed E-state index contributed by atoms with van der Waals surface area (Å²) in [6.07, 6.45) is 1.23. The van der Waals surface area contributed by atoms with Gasteiger partial charge in [0.25, 0.3) is 0 Å². The lowest BCUT2D eigenvalue weighted by molar-refractivity contribution is 0.406. The minimum absolute atomic E-state index is 0.0799. The zero-order valence-electron chi connectivity index (χ0n) is 8.81. The second-order valence-corrected chi connectivity index (χ2v) is 6.77. The summed E-state index contributed by atoms with van der Waals surface area (Å²) >= 11 is 1.63. The van der Waals surface area contributed by atoms with E-state index in [0.29, 0.717) is 0 Å². The van der Waals surface area contributed by atoms with Gasteiger partial charge in [-0.05, 0) is 26.0 Å². The molecule has 0 aromatic carbocycles. The molecule has 0 aliphatic carbocycles. The molecular formula is C9H15NO2S2. The Morgan fingerprint density at radius 1 is 1.43 bits per heavy atom. The molecular weight excluding hydrogens is 218 g/mol. The Bertz CT molecular complexity index is 408. The molecule has 1 atom stereocenters. The summed E-state index contributed by atoms with van der Waals surface area (Å²) in [5.74, 6) is 0. The highest BCUT2D eigenvalue weighted by atomic mass is 32.2. The minimum atomic E-state index is -3.10. The maximum absolute atomic E-state index is 11.3. The highest BCUT2D eigenvalue weighted by Crippen LogP contribution is 2.27. The molecule has 0 spiro atoms. The number of thiophene rings is 1. The molecule has 1 heterocycles. The number of rotatable bonds is 3. The Labute approximate surface area is 89.4 Å². The standard InChI is InChI=1S/C9H15NO2S2/c1-7-5-6-9(13-7)8(2)10(3)14(4,11)12/h5-6,8H,1-4H3. The number of nitrogens with zero attached hydrogens (tertiary/aromatic N) is 1. The normalized spacial score (nSPS) is 14.6. The van der Waals surface area contributed by atoms with Crippen LogP contribution in [0.25, 0.3) is 0 Å². The lowest BCUT2D eigenvalue weighted by atomic mass is 10.3. The van der Waals surface area contributed by atoms with Crippen LogP contribution in [-0.4, -0.2) is 26.0 Å². The van der Waals surface area contributed by atoms with Crippen LogP contribution in [0.15, 0.2) is 12.1 Å². The third-order valence-electron chi connectivity index (χ3n) is 2.24. The molecule has 5 heteroatoms. The fourth-order valence-electron chi connectivity index (χ4n) is 1.14. The zero-order chi connectivity index (χ0) is 10.9. The molecule has 1 unspecified atom stereocenters. The summed E-state index contributed by atoms with van der Waals surface area (Å²) < 4.78 is 24.0.